The van der Waals surface area contributed by atoms with Gasteiger partial charge in [0.15, 0.2) is 0 Å². The summed E-state index contributed by atoms with van der Waals surface area (Å²) < 4.78 is 13.5. The Bertz CT molecular complexity index is 986. The minimum atomic E-state index is -0.312. The molecular formula is C23H25FN4O. The number of nitrogens with one attached hydrogen (secondary N) is 3. The molecule has 4 rings (SSSR count). The number of halogens is 1. The van der Waals surface area contributed by atoms with E-state index in [4.69, 9.17) is 0 Å². The Morgan fingerprint density at radius 2 is 1.97 bits per heavy atom. The molecule has 0 spiro atoms. The van der Waals surface area contributed by atoms with Crippen LogP contribution in [0.1, 0.15) is 30.9 Å². The number of aromatic nitrogens is 2. The lowest BCUT2D eigenvalue weighted by Gasteiger charge is -2.21. The van der Waals surface area contributed by atoms with Crippen molar-refractivity contribution in [2.75, 3.05) is 5.32 Å². The number of amides is 1. The maximum absolute atomic E-state index is 13.5. The monoisotopic (exact) mass is 392 g/mol. The Balaban J connectivity index is 1.40. The van der Waals surface area contributed by atoms with Crippen LogP contribution < -0.4 is 10.6 Å². The van der Waals surface area contributed by atoms with Gasteiger partial charge >= 0.3 is 0 Å². The molecule has 1 amide bonds. The van der Waals surface area contributed by atoms with Gasteiger partial charge in [-0.05, 0) is 42.5 Å². The molecule has 1 unspecified atom stereocenters. The minimum absolute atomic E-state index is 0.0859. The molecule has 150 valence electrons. The fourth-order valence-electron chi connectivity index (χ4n) is 3.93. The molecule has 5 nitrogen and oxygen atoms in total. The van der Waals surface area contributed by atoms with E-state index in [1.807, 2.05) is 42.5 Å². The number of carbonyl (C=O) groups is 1. The van der Waals surface area contributed by atoms with Gasteiger partial charge < -0.3 is 10.6 Å². The van der Waals surface area contributed by atoms with Crippen molar-refractivity contribution >= 4 is 11.7 Å². The standard InChI is InChI=1S/C23H25FN4O/c1-2-6-20(25-19-12-16-9-10-18(24)11-17(16)13-19)23(29)26-22-14-21(27-28-22)15-7-4-3-5-8-15/h3-5,7-11,14,19-20,25H,2,6,12-13H2,1H3,(H2,26,27,28,29)/t19?,20-/m0/s1. The number of H-pyrrole nitrogens is 1. The van der Waals surface area contributed by atoms with Crippen molar-refractivity contribution in [2.24, 2.45) is 0 Å². The van der Waals surface area contributed by atoms with E-state index in [1.54, 1.807) is 6.07 Å². The number of hydrogen-bond acceptors (Lipinski definition) is 3. The first-order chi connectivity index (χ1) is 14.1. The van der Waals surface area contributed by atoms with Crippen LogP contribution in [0.3, 0.4) is 0 Å². The Morgan fingerprint density at radius 1 is 1.17 bits per heavy atom. The van der Waals surface area contributed by atoms with E-state index in [1.165, 1.54) is 6.07 Å². The number of aromatic amines is 1. The second kappa shape index (κ2) is 8.57. The van der Waals surface area contributed by atoms with E-state index >= 15 is 0 Å². The zero-order valence-electron chi connectivity index (χ0n) is 16.4. The number of benzene rings is 2. The van der Waals surface area contributed by atoms with Crippen molar-refractivity contribution in [1.82, 2.24) is 15.5 Å². The van der Waals surface area contributed by atoms with Crippen LogP contribution in [0.15, 0.2) is 54.6 Å². The predicted molar refractivity (Wildman–Crippen MR) is 112 cm³/mol. The molecule has 1 aromatic heterocycles. The lowest BCUT2D eigenvalue weighted by molar-refractivity contribution is -0.118. The molecule has 0 fully saturated rings. The second-order valence-electron chi connectivity index (χ2n) is 7.55. The van der Waals surface area contributed by atoms with Crippen molar-refractivity contribution in [1.29, 1.82) is 0 Å². The van der Waals surface area contributed by atoms with Gasteiger partial charge in [-0.3, -0.25) is 9.89 Å². The molecule has 29 heavy (non-hydrogen) atoms. The summed E-state index contributed by atoms with van der Waals surface area (Å²) in [6.07, 6.45) is 3.17. The average Bonchev–Trinajstić information content (AvgIpc) is 3.34. The van der Waals surface area contributed by atoms with Crippen LogP contribution in [-0.4, -0.2) is 28.2 Å². The average molecular weight is 392 g/mol. The lowest BCUT2D eigenvalue weighted by Crippen LogP contribution is -2.46. The maximum atomic E-state index is 13.5. The molecule has 0 saturated heterocycles. The smallest absolute Gasteiger partial charge is 0.242 e. The molecule has 2 aromatic carbocycles. The predicted octanol–water partition coefficient (Wildman–Crippen LogP) is 4.08. The van der Waals surface area contributed by atoms with Gasteiger partial charge in [0.05, 0.1) is 11.7 Å². The van der Waals surface area contributed by atoms with Gasteiger partial charge in [-0.15, -0.1) is 0 Å². The molecule has 0 aliphatic heterocycles. The lowest BCUT2D eigenvalue weighted by atomic mass is 10.1. The molecule has 2 atom stereocenters. The van der Waals surface area contributed by atoms with E-state index < -0.39 is 0 Å². The highest BCUT2D eigenvalue weighted by Gasteiger charge is 2.27. The first-order valence-electron chi connectivity index (χ1n) is 10.1. The number of fused-ring (bicyclic) bond motifs is 1. The fourth-order valence-corrected chi connectivity index (χ4v) is 3.93. The third-order valence-electron chi connectivity index (χ3n) is 5.34. The quantitative estimate of drug-likeness (QED) is 0.567. The highest BCUT2D eigenvalue weighted by atomic mass is 19.1. The van der Waals surface area contributed by atoms with Crippen molar-refractivity contribution in [2.45, 2.75) is 44.7 Å². The third-order valence-corrected chi connectivity index (χ3v) is 5.34. The summed E-state index contributed by atoms with van der Waals surface area (Å²) >= 11 is 0. The van der Waals surface area contributed by atoms with Gasteiger partial charge in [0.1, 0.15) is 11.6 Å². The Hall–Kier alpha value is -2.99. The Kier molecular flexibility index (Phi) is 5.71. The van der Waals surface area contributed by atoms with Crippen LogP contribution in [0.4, 0.5) is 10.2 Å². The van der Waals surface area contributed by atoms with E-state index in [9.17, 15) is 9.18 Å². The van der Waals surface area contributed by atoms with Crippen LogP contribution in [0.25, 0.3) is 11.3 Å². The molecule has 0 bridgehead atoms. The van der Waals surface area contributed by atoms with E-state index in [0.717, 1.165) is 48.1 Å². The summed E-state index contributed by atoms with van der Waals surface area (Å²) in [4.78, 5) is 12.9. The van der Waals surface area contributed by atoms with Gasteiger partial charge in [0, 0.05) is 17.7 Å². The highest BCUT2D eigenvalue weighted by molar-refractivity contribution is 5.94. The summed E-state index contributed by atoms with van der Waals surface area (Å²) in [6, 6.07) is 16.4. The third kappa shape index (κ3) is 4.54. The van der Waals surface area contributed by atoms with E-state index in [2.05, 4.69) is 27.8 Å². The Morgan fingerprint density at radius 3 is 2.76 bits per heavy atom. The number of carbonyl (C=O) groups excluding carboxylic acids is 1. The number of rotatable bonds is 7. The zero-order chi connectivity index (χ0) is 20.2. The molecule has 1 aliphatic carbocycles. The summed E-state index contributed by atoms with van der Waals surface area (Å²) in [5, 5.41) is 13.6. The van der Waals surface area contributed by atoms with E-state index in [-0.39, 0.29) is 23.8 Å². The molecule has 1 heterocycles. The highest BCUT2D eigenvalue weighted by Crippen LogP contribution is 2.24. The van der Waals surface area contributed by atoms with Crippen LogP contribution in [0.2, 0.25) is 0 Å². The van der Waals surface area contributed by atoms with Gasteiger partial charge in [-0.1, -0.05) is 49.7 Å². The van der Waals surface area contributed by atoms with Gasteiger partial charge in [0.2, 0.25) is 5.91 Å². The number of nitrogens with zero attached hydrogens (tertiary/aromatic N) is 1. The fraction of sp³-hybridized carbons (Fsp3) is 0.304. The molecule has 3 aromatic rings. The zero-order valence-corrected chi connectivity index (χ0v) is 16.4. The summed E-state index contributed by atoms with van der Waals surface area (Å²) in [6.45, 7) is 2.06. The van der Waals surface area contributed by atoms with E-state index in [0.29, 0.717) is 5.82 Å². The molecule has 6 heteroatoms. The molecule has 1 aliphatic rings. The normalized spacial score (nSPS) is 16.4. The summed E-state index contributed by atoms with van der Waals surface area (Å²) in [5.74, 6) is 0.284. The molecule has 0 saturated carbocycles. The van der Waals surface area contributed by atoms with Crippen LogP contribution >= 0.6 is 0 Å². The van der Waals surface area contributed by atoms with Crippen molar-refractivity contribution in [3.05, 3.63) is 71.5 Å². The molecular weight excluding hydrogens is 367 g/mol. The first kappa shape index (κ1) is 19.3. The topological polar surface area (TPSA) is 69.8 Å². The van der Waals surface area contributed by atoms with Crippen molar-refractivity contribution in [3.63, 3.8) is 0 Å². The van der Waals surface area contributed by atoms with Crippen LogP contribution in [-0.2, 0) is 17.6 Å². The van der Waals surface area contributed by atoms with Gasteiger partial charge in [0.25, 0.3) is 0 Å². The van der Waals surface area contributed by atoms with Gasteiger partial charge in [-0.25, -0.2) is 4.39 Å². The van der Waals surface area contributed by atoms with Crippen LogP contribution in [0, 0.1) is 5.82 Å². The Labute approximate surface area is 169 Å². The molecule has 3 N–H and O–H groups in total. The maximum Gasteiger partial charge on any atom is 0.242 e. The number of hydrogen-bond donors (Lipinski definition) is 3. The molecule has 0 radical (unpaired) electrons. The largest absolute Gasteiger partial charge is 0.310 e. The minimum Gasteiger partial charge on any atom is -0.310 e. The number of anilines is 1. The SMILES string of the molecule is CCC[C@H](NC1Cc2ccc(F)cc2C1)C(=O)Nc1cc(-c2ccccc2)n[nH]1. The first-order valence-corrected chi connectivity index (χ1v) is 10.1. The summed E-state index contributed by atoms with van der Waals surface area (Å²) in [7, 11) is 0. The van der Waals surface area contributed by atoms with Crippen molar-refractivity contribution < 1.29 is 9.18 Å². The second-order valence-corrected chi connectivity index (χ2v) is 7.55. The van der Waals surface area contributed by atoms with Gasteiger partial charge in [-0.2, -0.15) is 5.10 Å². The van der Waals surface area contributed by atoms with Crippen LogP contribution in [0.5, 0.6) is 0 Å². The summed E-state index contributed by atoms with van der Waals surface area (Å²) in [5.41, 5.74) is 3.96. The van der Waals surface area contributed by atoms with Crippen molar-refractivity contribution in [3.8, 4) is 11.3 Å².